The monoisotopic (exact) mass is 497 g/mol. The third kappa shape index (κ3) is 4.65. The molecule has 0 spiro atoms. The molecule has 0 aliphatic carbocycles. The summed E-state index contributed by atoms with van der Waals surface area (Å²) in [6.45, 7) is 3.40. The summed E-state index contributed by atoms with van der Waals surface area (Å²) >= 11 is 6.12. The Morgan fingerprint density at radius 2 is 1.62 bits per heavy atom. The number of piperidine rings is 1. The number of piperazine rings is 1. The molecule has 2 heterocycles. The maximum absolute atomic E-state index is 13.4. The molecule has 2 saturated heterocycles. The molecule has 8 heteroatoms. The maximum Gasteiger partial charge on any atom is 0.243 e. The molecule has 3 aromatic carbocycles. The number of rotatable bonds is 4. The van der Waals surface area contributed by atoms with Crippen molar-refractivity contribution >= 4 is 44.0 Å². The van der Waals surface area contributed by atoms with E-state index in [2.05, 4.69) is 4.90 Å². The summed E-state index contributed by atoms with van der Waals surface area (Å²) in [6.07, 6.45) is 1.41. The number of anilines is 1. The van der Waals surface area contributed by atoms with Crippen LogP contribution in [0.4, 0.5) is 5.69 Å². The van der Waals surface area contributed by atoms with Crippen LogP contribution in [-0.4, -0.2) is 62.8 Å². The highest BCUT2D eigenvalue weighted by molar-refractivity contribution is 7.89. The molecule has 2 aliphatic rings. The highest BCUT2D eigenvalue weighted by Crippen LogP contribution is 2.28. The minimum atomic E-state index is -3.66. The highest BCUT2D eigenvalue weighted by Gasteiger charge is 2.36. The van der Waals surface area contributed by atoms with Crippen LogP contribution in [0, 0.1) is 5.92 Å². The summed E-state index contributed by atoms with van der Waals surface area (Å²) in [5.41, 5.74) is 1.06. The number of benzene rings is 3. The molecule has 0 unspecified atom stereocenters. The second kappa shape index (κ2) is 9.56. The van der Waals surface area contributed by atoms with E-state index in [1.807, 2.05) is 59.5 Å². The third-order valence-electron chi connectivity index (χ3n) is 6.86. The van der Waals surface area contributed by atoms with Gasteiger partial charge in [0, 0.05) is 50.0 Å². The molecular weight excluding hydrogens is 470 g/mol. The lowest BCUT2D eigenvalue weighted by Gasteiger charge is -2.39. The first-order valence-corrected chi connectivity index (χ1v) is 13.5. The van der Waals surface area contributed by atoms with Crippen molar-refractivity contribution in [3.8, 4) is 0 Å². The fourth-order valence-corrected chi connectivity index (χ4v) is 6.70. The predicted octanol–water partition coefficient (Wildman–Crippen LogP) is 4.24. The van der Waals surface area contributed by atoms with E-state index in [1.54, 1.807) is 12.1 Å². The standard InChI is InChI=1S/C26H28ClN3O3S/c27-23-8-3-9-24(18-23)28-13-15-29(16-14-28)26(31)22-7-4-12-30(19-22)34(32,33)25-11-10-20-5-1-2-6-21(20)17-25/h1-3,5-6,8-11,17-18,22H,4,7,12-16,19H2/t22-/m0/s1. The number of carbonyl (C=O) groups excluding carboxylic acids is 1. The lowest BCUT2D eigenvalue weighted by molar-refractivity contribution is -0.137. The van der Waals surface area contributed by atoms with Crippen molar-refractivity contribution in [2.45, 2.75) is 17.7 Å². The van der Waals surface area contributed by atoms with E-state index < -0.39 is 10.0 Å². The largest absolute Gasteiger partial charge is 0.368 e. The summed E-state index contributed by atoms with van der Waals surface area (Å²) < 4.78 is 28.3. The average molecular weight is 498 g/mol. The predicted molar refractivity (Wildman–Crippen MR) is 136 cm³/mol. The zero-order valence-electron chi connectivity index (χ0n) is 18.9. The molecule has 3 aromatic rings. The van der Waals surface area contributed by atoms with Crippen LogP contribution >= 0.6 is 11.6 Å². The summed E-state index contributed by atoms with van der Waals surface area (Å²) in [5.74, 6) is -0.245. The van der Waals surface area contributed by atoms with Gasteiger partial charge in [0.25, 0.3) is 0 Å². The van der Waals surface area contributed by atoms with Gasteiger partial charge >= 0.3 is 0 Å². The number of fused-ring (bicyclic) bond motifs is 1. The fourth-order valence-electron chi connectivity index (χ4n) is 4.96. The molecule has 1 amide bonds. The summed E-state index contributed by atoms with van der Waals surface area (Å²) in [5, 5.41) is 2.60. The number of hydrogen-bond donors (Lipinski definition) is 0. The molecule has 0 radical (unpaired) electrons. The first-order valence-electron chi connectivity index (χ1n) is 11.7. The Hall–Kier alpha value is -2.61. The van der Waals surface area contributed by atoms with Gasteiger partial charge in [-0.15, -0.1) is 0 Å². The van der Waals surface area contributed by atoms with Crippen molar-refractivity contribution in [3.05, 3.63) is 71.8 Å². The van der Waals surface area contributed by atoms with Gasteiger partial charge in [0.1, 0.15) is 0 Å². The highest BCUT2D eigenvalue weighted by atomic mass is 35.5. The topological polar surface area (TPSA) is 60.9 Å². The maximum atomic E-state index is 13.4. The molecule has 6 nitrogen and oxygen atoms in total. The van der Waals surface area contributed by atoms with Crippen molar-refractivity contribution in [1.82, 2.24) is 9.21 Å². The Kier molecular flexibility index (Phi) is 6.51. The zero-order chi connectivity index (χ0) is 23.7. The van der Waals surface area contributed by atoms with E-state index in [4.69, 9.17) is 11.6 Å². The first kappa shape index (κ1) is 23.1. The molecule has 34 heavy (non-hydrogen) atoms. The molecule has 0 aromatic heterocycles. The number of nitrogens with zero attached hydrogens (tertiary/aromatic N) is 3. The quantitative estimate of drug-likeness (QED) is 0.541. The van der Waals surface area contributed by atoms with Gasteiger partial charge in [0.15, 0.2) is 0 Å². The van der Waals surface area contributed by atoms with Crippen molar-refractivity contribution in [1.29, 1.82) is 0 Å². The molecular formula is C26H28ClN3O3S. The van der Waals surface area contributed by atoms with Crippen LogP contribution in [0.1, 0.15) is 12.8 Å². The molecule has 5 rings (SSSR count). The summed E-state index contributed by atoms with van der Waals surface area (Å²) in [7, 11) is -3.66. The average Bonchev–Trinajstić information content (AvgIpc) is 2.88. The van der Waals surface area contributed by atoms with E-state index in [1.165, 1.54) is 4.31 Å². The number of carbonyl (C=O) groups is 1. The smallest absolute Gasteiger partial charge is 0.243 e. The Balaban J connectivity index is 1.25. The van der Waals surface area contributed by atoms with Crippen LogP contribution in [0.25, 0.3) is 10.8 Å². The number of halogens is 1. The van der Waals surface area contributed by atoms with Gasteiger partial charge < -0.3 is 9.80 Å². The van der Waals surface area contributed by atoms with Crippen molar-refractivity contribution in [2.75, 3.05) is 44.2 Å². The van der Waals surface area contributed by atoms with E-state index in [9.17, 15) is 13.2 Å². The normalized spacial score (nSPS) is 20.0. The lowest BCUT2D eigenvalue weighted by atomic mass is 9.97. The van der Waals surface area contributed by atoms with Gasteiger partial charge in [0.05, 0.1) is 10.8 Å². The molecule has 1 atom stereocenters. The van der Waals surface area contributed by atoms with Crippen LogP contribution < -0.4 is 4.90 Å². The minimum absolute atomic E-state index is 0.0594. The van der Waals surface area contributed by atoms with Crippen molar-refractivity contribution < 1.29 is 13.2 Å². The van der Waals surface area contributed by atoms with Crippen LogP contribution in [0.2, 0.25) is 5.02 Å². The van der Waals surface area contributed by atoms with Crippen LogP contribution in [0.3, 0.4) is 0 Å². The van der Waals surface area contributed by atoms with Gasteiger partial charge in [-0.25, -0.2) is 8.42 Å². The van der Waals surface area contributed by atoms with Crippen LogP contribution in [0.15, 0.2) is 71.6 Å². The zero-order valence-corrected chi connectivity index (χ0v) is 20.5. The van der Waals surface area contributed by atoms with Gasteiger partial charge in [-0.1, -0.05) is 48.0 Å². The lowest BCUT2D eigenvalue weighted by Crippen LogP contribution is -2.53. The SMILES string of the molecule is O=C([C@H]1CCCN(S(=O)(=O)c2ccc3ccccc3c2)C1)N1CCN(c2cccc(Cl)c2)CC1. The molecule has 0 saturated carbocycles. The second-order valence-electron chi connectivity index (χ2n) is 9.00. The van der Waals surface area contributed by atoms with E-state index in [-0.39, 0.29) is 23.3 Å². The molecule has 0 N–H and O–H groups in total. The second-order valence-corrected chi connectivity index (χ2v) is 11.4. The number of sulfonamides is 1. The van der Waals surface area contributed by atoms with Gasteiger partial charge in [-0.2, -0.15) is 4.31 Å². The van der Waals surface area contributed by atoms with Crippen molar-refractivity contribution in [3.63, 3.8) is 0 Å². The van der Waals surface area contributed by atoms with Crippen molar-refractivity contribution in [2.24, 2.45) is 5.92 Å². The third-order valence-corrected chi connectivity index (χ3v) is 8.95. The van der Waals surface area contributed by atoms with E-state index in [0.717, 1.165) is 36.0 Å². The molecule has 2 aliphatic heterocycles. The van der Waals surface area contributed by atoms with E-state index in [0.29, 0.717) is 31.1 Å². The minimum Gasteiger partial charge on any atom is -0.368 e. The number of hydrogen-bond acceptors (Lipinski definition) is 4. The first-order chi connectivity index (χ1) is 16.4. The fraction of sp³-hybridized carbons (Fsp3) is 0.346. The molecule has 2 fully saturated rings. The van der Waals surface area contributed by atoms with Gasteiger partial charge in [-0.3, -0.25) is 4.79 Å². The van der Waals surface area contributed by atoms with Crippen LogP contribution in [0.5, 0.6) is 0 Å². The van der Waals surface area contributed by atoms with E-state index >= 15 is 0 Å². The molecule has 178 valence electrons. The Morgan fingerprint density at radius 3 is 2.38 bits per heavy atom. The summed E-state index contributed by atoms with van der Waals surface area (Å²) in [4.78, 5) is 17.7. The van der Waals surface area contributed by atoms with Gasteiger partial charge in [0.2, 0.25) is 15.9 Å². The van der Waals surface area contributed by atoms with Gasteiger partial charge in [-0.05, 0) is 53.9 Å². The Bertz CT molecular complexity index is 1310. The Labute approximate surface area is 205 Å². The summed E-state index contributed by atoms with van der Waals surface area (Å²) in [6, 6.07) is 20.7. The van der Waals surface area contributed by atoms with Crippen LogP contribution in [-0.2, 0) is 14.8 Å². The molecule has 0 bridgehead atoms. The number of amides is 1. The Morgan fingerprint density at radius 1 is 0.853 bits per heavy atom.